The molecule has 3 rings (SSSR count). The molecule has 2 aromatic carbocycles. The number of nitrogens with two attached hydrogens (primary N) is 1. The van der Waals surface area contributed by atoms with Gasteiger partial charge in [-0.15, -0.1) is 11.8 Å². The fourth-order valence-corrected chi connectivity index (χ4v) is 3.25. The summed E-state index contributed by atoms with van der Waals surface area (Å²) in [5, 5.41) is 9.65. The number of nitriles is 1. The zero-order valence-electron chi connectivity index (χ0n) is 13.6. The Morgan fingerprint density at radius 1 is 0.958 bits per heavy atom. The topological polar surface area (TPSA) is 62.7 Å². The van der Waals surface area contributed by atoms with E-state index in [4.69, 9.17) is 5.73 Å². The molecule has 0 saturated carbocycles. The highest BCUT2D eigenvalue weighted by molar-refractivity contribution is 7.98. The Morgan fingerprint density at radius 2 is 1.58 bits per heavy atom. The van der Waals surface area contributed by atoms with Gasteiger partial charge in [-0.1, -0.05) is 42.5 Å². The van der Waals surface area contributed by atoms with E-state index in [0.717, 1.165) is 27.9 Å². The number of anilines is 1. The molecule has 2 N–H and O–H groups in total. The number of nitrogen functional groups attached to an aromatic ring is 1. The number of benzene rings is 2. The number of aryl methyl sites for hydroxylation is 1. The van der Waals surface area contributed by atoms with Crippen molar-refractivity contribution in [3.63, 3.8) is 0 Å². The Labute approximate surface area is 146 Å². The molecule has 0 saturated heterocycles. The number of thioether (sulfide) groups is 1. The number of pyridine rings is 1. The van der Waals surface area contributed by atoms with Crippen LogP contribution in [0.25, 0.3) is 22.3 Å². The van der Waals surface area contributed by atoms with Crippen LogP contribution < -0.4 is 5.73 Å². The molecule has 1 aromatic heterocycles. The van der Waals surface area contributed by atoms with Crippen molar-refractivity contribution < 1.29 is 0 Å². The summed E-state index contributed by atoms with van der Waals surface area (Å²) in [6.07, 6.45) is 2.04. The summed E-state index contributed by atoms with van der Waals surface area (Å²) < 4.78 is 0. The van der Waals surface area contributed by atoms with E-state index in [2.05, 4.69) is 23.2 Å². The lowest BCUT2D eigenvalue weighted by Crippen LogP contribution is -2.03. The summed E-state index contributed by atoms with van der Waals surface area (Å²) >= 11 is 1.69. The van der Waals surface area contributed by atoms with Gasteiger partial charge in [-0.3, -0.25) is 0 Å². The number of rotatable bonds is 3. The van der Waals surface area contributed by atoms with E-state index in [1.54, 1.807) is 11.8 Å². The fraction of sp³-hybridized carbons (Fsp3) is 0.100. The van der Waals surface area contributed by atoms with Gasteiger partial charge in [-0.2, -0.15) is 5.26 Å². The Bertz CT molecular complexity index is 910. The minimum Gasteiger partial charge on any atom is -0.383 e. The molecule has 0 aliphatic rings. The first-order chi connectivity index (χ1) is 11.7. The number of aromatic nitrogens is 1. The van der Waals surface area contributed by atoms with Crippen LogP contribution in [-0.2, 0) is 0 Å². The van der Waals surface area contributed by atoms with E-state index in [0.29, 0.717) is 5.56 Å². The third-order valence-electron chi connectivity index (χ3n) is 3.96. The second-order valence-corrected chi connectivity index (χ2v) is 6.29. The maximum absolute atomic E-state index is 9.65. The summed E-state index contributed by atoms with van der Waals surface area (Å²) in [4.78, 5) is 5.57. The molecular weight excluding hydrogens is 314 g/mol. The van der Waals surface area contributed by atoms with Gasteiger partial charge >= 0.3 is 0 Å². The normalized spacial score (nSPS) is 10.4. The Kier molecular flexibility index (Phi) is 4.54. The molecule has 3 nitrogen and oxygen atoms in total. The van der Waals surface area contributed by atoms with Crippen molar-refractivity contribution in [3.05, 3.63) is 65.9 Å². The lowest BCUT2D eigenvalue weighted by molar-refractivity contribution is 1.20. The standard InChI is InChI=1S/C20H17N3S/c1-13-18(14-6-4-3-5-7-14)19(17(12-21)20(22)23-13)15-8-10-16(24-2)11-9-15/h3-11H,1-2H3,(H2,22,23). The lowest BCUT2D eigenvalue weighted by atomic mass is 9.90. The first-order valence-corrected chi connectivity index (χ1v) is 8.78. The first-order valence-electron chi connectivity index (χ1n) is 7.55. The molecule has 0 fully saturated rings. The molecule has 0 aliphatic heterocycles. The van der Waals surface area contributed by atoms with Gasteiger partial charge in [0, 0.05) is 21.7 Å². The van der Waals surface area contributed by atoms with Gasteiger partial charge in [0.25, 0.3) is 0 Å². The molecule has 4 heteroatoms. The minimum absolute atomic E-state index is 0.277. The quantitative estimate of drug-likeness (QED) is 0.693. The summed E-state index contributed by atoms with van der Waals surface area (Å²) in [5.74, 6) is 0.277. The highest BCUT2D eigenvalue weighted by atomic mass is 32.2. The fourth-order valence-electron chi connectivity index (χ4n) is 2.84. The third kappa shape index (κ3) is 2.86. The highest BCUT2D eigenvalue weighted by Gasteiger charge is 2.19. The van der Waals surface area contributed by atoms with Crippen LogP contribution in [0.3, 0.4) is 0 Å². The van der Waals surface area contributed by atoms with Gasteiger partial charge < -0.3 is 5.73 Å². The number of hydrogen-bond donors (Lipinski definition) is 1. The van der Waals surface area contributed by atoms with E-state index in [1.165, 1.54) is 4.90 Å². The van der Waals surface area contributed by atoms with Crippen LogP contribution in [0.1, 0.15) is 11.3 Å². The smallest absolute Gasteiger partial charge is 0.142 e. The van der Waals surface area contributed by atoms with E-state index in [9.17, 15) is 5.26 Å². The van der Waals surface area contributed by atoms with Crippen LogP contribution in [0, 0.1) is 18.3 Å². The van der Waals surface area contributed by atoms with Crippen molar-refractivity contribution in [2.24, 2.45) is 0 Å². The first kappa shape index (κ1) is 16.1. The van der Waals surface area contributed by atoms with E-state index < -0.39 is 0 Å². The van der Waals surface area contributed by atoms with Crippen LogP contribution in [-0.4, -0.2) is 11.2 Å². The maximum Gasteiger partial charge on any atom is 0.142 e. The number of hydrogen-bond acceptors (Lipinski definition) is 4. The van der Waals surface area contributed by atoms with E-state index >= 15 is 0 Å². The second-order valence-electron chi connectivity index (χ2n) is 5.41. The molecule has 0 aliphatic carbocycles. The average molecular weight is 331 g/mol. The van der Waals surface area contributed by atoms with Gasteiger partial charge in [0.05, 0.1) is 0 Å². The van der Waals surface area contributed by atoms with Gasteiger partial charge in [-0.25, -0.2) is 4.98 Å². The van der Waals surface area contributed by atoms with Crippen molar-refractivity contribution in [1.82, 2.24) is 4.98 Å². The molecule has 118 valence electrons. The largest absolute Gasteiger partial charge is 0.383 e. The predicted molar refractivity (Wildman–Crippen MR) is 101 cm³/mol. The van der Waals surface area contributed by atoms with Gasteiger partial charge in [0.2, 0.25) is 0 Å². The predicted octanol–water partition coefficient (Wildman–Crippen LogP) is 4.90. The minimum atomic E-state index is 0.277. The summed E-state index contributed by atoms with van der Waals surface area (Å²) in [7, 11) is 0. The van der Waals surface area contributed by atoms with Crippen molar-refractivity contribution >= 4 is 17.6 Å². The van der Waals surface area contributed by atoms with Crippen LogP contribution in [0.4, 0.5) is 5.82 Å². The Hall–Kier alpha value is -2.77. The monoisotopic (exact) mass is 331 g/mol. The third-order valence-corrected chi connectivity index (χ3v) is 4.70. The molecule has 0 unspecified atom stereocenters. The molecule has 0 atom stereocenters. The van der Waals surface area contributed by atoms with Crippen molar-refractivity contribution in [3.8, 4) is 28.3 Å². The summed E-state index contributed by atoms with van der Waals surface area (Å²) in [5.41, 5.74) is 11.1. The highest BCUT2D eigenvalue weighted by Crippen LogP contribution is 2.38. The molecule has 3 aromatic rings. The van der Waals surface area contributed by atoms with E-state index in [1.807, 2.05) is 55.6 Å². The molecule has 1 heterocycles. The van der Waals surface area contributed by atoms with E-state index in [-0.39, 0.29) is 5.82 Å². The lowest BCUT2D eigenvalue weighted by Gasteiger charge is -2.16. The molecule has 0 amide bonds. The second kappa shape index (κ2) is 6.77. The molecule has 0 bridgehead atoms. The maximum atomic E-state index is 9.65. The average Bonchev–Trinajstić information content (AvgIpc) is 2.62. The van der Waals surface area contributed by atoms with Gasteiger partial charge in [0.15, 0.2) is 0 Å². The Morgan fingerprint density at radius 3 is 2.17 bits per heavy atom. The summed E-state index contributed by atoms with van der Waals surface area (Å²) in [6, 6.07) is 20.4. The zero-order valence-corrected chi connectivity index (χ0v) is 14.4. The Balaban J connectivity index is 2.35. The summed E-state index contributed by atoms with van der Waals surface area (Å²) in [6.45, 7) is 1.93. The van der Waals surface area contributed by atoms with Crippen LogP contribution >= 0.6 is 11.8 Å². The van der Waals surface area contributed by atoms with Crippen LogP contribution in [0.5, 0.6) is 0 Å². The molecule has 0 spiro atoms. The molecule has 0 radical (unpaired) electrons. The SMILES string of the molecule is CSc1ccc(-c2c(C#N)c(N)nc(C)c2-c2ccccc2)cc1. The van der Waals surface area contributed by atoms with Crippen molar-refractivity contribution in [2.45, 2.75) is 11.8 Å². The zero-order chi connectivity index (χ0) is 17.1. The van der Waals surface area contributed by atoms with Crippen molar-refractivity contribution in [1.29, 1.82) is 5.26 Å². The van der Waals surface area contributed by atoms with Gasteiger partial charge in [0.1, 0.15) is 17.5 Å². The molecule has 24 heavy (non-hydrogen) atoms. The van der Waals surface area contributed by atoms with Crippen LogP contribution in [0.15, 0.2) is 59.5 Å². The van der Waals surface area contributed by atoms with Gasteiger partial charge in [-0.05, 0) is 36.4 Å². The van der Waals surface area contributed by atoms with Crippen molar-refractivity contribution in [2.75, 3.05) is 12.0 Å². The number of nitrogens with zero attached hydrogens (tertiary/aromatic N) is 2. The van der Waals surface area contributed by atoms with Crippen LogP contribution in [0.2, 0.25) is 0 Å². The molecular formula is C20H17N3S.